The number of fused-ring (bicyclic) bond motifs is 1. The number of hydrogen-bond acceptors (Lipinski definition) is 4. The molecule has 5 nitrogen and oxygen atoms in total. The summed E-state index contributed by atoms with van der Waals surface area (Å²) in [5, 5.41) is 0.391. The van der Waals surface area contributed by atoms with Crippen LogP contribution in [0.2, 0.25) is 5.15 Å². The van der Waals surface area contributed by atoms with E-state index < -0.39 is 0 Å². The molecule has 0 saturated carbocycles. The van der Waals surface area contributed by atoms with E-state index in [4.69, 9.17) is 11.6 Å². The fourth-order valence-electron chi connectivity index (χ4n) is 1.68. The Morgan fingerprint density at radius 3 is 2.94 bits per heavy atom. The standard InChI is InChI=1S/C11H12ClN3O2/c1-7(3-10(16)17-2)11-14-5-8-4-13-9(12)6-15(8)11/h4-7H,3H2,1-2H3/t7-/m0/s1. The van der Waals surface area contributed by atoms with Crippen molar-refractivity contribution in [3.63, 3.8) is 0 Å². The Morgan fingerprint density at radius 1 is 1.53 bits per heavy atom. The lowest BCUT2D eigenvalue weighted by Crippen LogP contribution is -2.09. The molecule has 2 aromatic rings. The molecule has 2 heterocycles. The molecule has 0 N–H and O–H groups in total. The maximum Gasteiger partial charge on any atom is 0.306 e. The van der Waals surface area contributed by atoms with Gasteiger partial charge in [0.25, 0.3) is 0 Å². The Kier molecular flexibility index (Phi) is 3.28. The van der Waals surface area contributed by atoms with E-state index >= 15 is 0 Å². The lowest BCUT2D eigenvalue weighted by molar-refractivity contribution is -0.141. The number of carbonyl (C=O) groups is 1. The molecule has 0 amide bonds. The minimum absolute atomic E-state index is 0.0385. The monoisotopic (exact) mass is 253 g/mol. The first-order valence-electron chi connectivity index (χ1n) is 5.17. The van der Waals surface area contributed by atoms with Gasteiger partial charge in [-0.05, 0) is 0 Å². The average molecular weight is 254 g/mol. The molecule has 1 atom stereocenters. The fraction of sp³-hybridized carbons (Fsp3) is 0.364. The van der Waals surface area contributed by atoms with Crippen molar-refractivity contribution in [1.29, 1.82) is 0 Å². The van der Waals surface area contributed by atoms with Gasteiger partial charge in [-0.25, -0.2) is 9.97 Å². The fourth-order valence-corrected chi connectivity index (χ4v) is 1.83. The van der Waals surface area contributed by atoms with E-state index in [2.05, 4.69) is 14.7 Å². The maximum atomic E-state index is 11.2. The number of hydrogen-bond donors (Lipinski definition) is 0. The SMILES string of the molecule is COC(=O)C[C@H](C)c1ncc2cnc(Cl)cn12. The molecule has 0 unspecified atom stereocenters. The van der Waals surface area contributed by atoms with E-state index in [0.717, 1.165) is 11.3 Å². The van der Waals surface area contributed by atoms with Crippen LogP contribution in [0.25, 0.3) is 5.52 Å². The first kappa shape index (κ1) is 11.9. The van der Waals surface area contributed by atoms with Crippen LogP contribution < -0.4 is 0 Å². The number of aromatic nitrogens is 3. The number of imidazole rings is 1. The van der Waals surface area contributed by atoms with Crippen molar-refractivity contribution < 1.29 is 9.53 Å². The minimum atomic E-state index is -0.255. The molecular weight excluding hydrogens is 242 g/mol. The number of carbonyl (C=O) groups excluding carboxylic acids is 1. The summed E-state index contributed by atoms with van der Waals surface area (Å²) < 4.78 is 6.48. The van der Waals surface area contributed by atoms with E-state index in [9.17, 15) is 4.79 Å². The van der Waals surface area contributed by atoms with Crippen molar-refractivity contribution in [3.05, 3.63) is 29.6 Å². The second kappa shape index (κ2) is 4.71. The Labute approximate surface area is 103 Å². The van der Waals surface area contributed by atoms with Crippen LogP contribution in [0.3, 0.4) is 0 Å². The summed E-state index contributed by atoms with van der Waals surface area (Å²) in [6, 6.07) is 0. The van der Waals surface area contributed by atoms with Crippen molar-refractivity contribution in [2.75, 3.05) is 7.11 Å². The Bertz CT molecular complexity index is 553. The largest absolute Gasteiger partial charge is 0.469 e. The van der Waals surface area contributed by atoms with Gasteiger partial charge in [-0.1, -0.05) is 18.5 Å². The highest BCUT2D eigenvalue weighted by atomic mass is 35.5. The zero-order valence-corrected chi connectivity index (χ0v) is 10.3. The molecule has 0 bridgehead atoms. The van der Waals surface area contributed by atoms with E-state index in [0.29, 0.717) is 5.15 Å². The van der Waals surface area contributed by atoms with Gasteiger partial charge in [0.1, 0.15) is 11.0 Å². The van der Waals surface area contributed by atoms with Crippen LogP contribution in [0.15, 0.2) is 18.6 Å². The number of methoxy groups -OCH3 is 1. The van der Waals surface area contributed by atoms with Gasteiger partial charge in [0.05, 0.1) is 31.4 Å². The molecule has 6 heteroatoms. The van der Waals surface area contributed by atoms with Crippen LogP contribution in [0.4, 0.5) is 0 Å². The number of nitrogens with zero attached hydrogens (tertiary/aromatic N) is 3. The third-order valence-corrected chi connectivity index (χ3v) is 2.75. The average Bonchev–Trinajstić information content (AvgIpc) is 2.71. The van der Waals surface area contributed by atoms with Crippen molar-refractivity contribution in [3.8, 4) is 0 Å². The first-order chi connectivity index (χ1) is 8.11. The molecule has 0 aliphatic carbocycles. The predicted molar refractivity (Wildman–Crippen MR) is 63.0 cm³/mol. The molecule has 0 aliphatic rings. The van der Waals surface area contributed by atoms with Crippen LogP contribution in [-0.2, 0) is 9.53 Å². The molecular formula is C11H12ClN3O2. The third kappa shape index (κ3) is 2.39. The van der Waals surface area contributed by atoms with Crippen LogP contribution >= 0.6 is 11.6 Å². The van der Waals surface area contributed by atoms with Gasteiger partial charge in [0.2, 0.25) is 0 Å². The van der Waals surface area contributed by atoms with Crippen LogP contribution in [0.5, 0.6) is 0 Å². The summed E-state index contributed by atoms with van der Waals surface area (Å²) in [5.41, 5.74) is 0.848. The minimum Gasteiger partial charge on any atom is -0.469 e. The summed E-state index contributed by atoms with van der Waals surface area (Å²) in [6.45, 7) is 1.92. The van der Waals surface area contributed by atoms with Gasteiger partial charge >= 0.3 is 5.97 Å². The Balaban J connectivity index is 2.35. The summed E-state index contributed by atoms with van der Waals surface area (Å²) in [6.07, 6.45) is 5.32. The molecule has 0 spiro atoms. The van der Waals surface area contributed by atoms with E-state index in [1.54, 1.807) is 18.6 Å². The molecule has 0 saturated heterocycles. The third-order valence-electron chi connectivity index (χ3n) is 2.55. The quantitative estimate of drug-likeness (QED) is 0.786. The van der Waals surface area contributed by atoms with E-state index in [1.807, 2.05) is 11.3 Å². The number of esters is 1. The van der Waals surface area contributed by atoms with Gasteiger partial charge in [0.15, 0.2) is 0 Å². The number of ether oxygens (including phenoxy) is 1. The molecule has 2 aromatic heterocycles. The molecule has 0 fully saturated rings. The summed E-state index contributed by atoms with van der Waals surface area (Å²) in [5.74, 6) is 0.479. The van der Waals surface area contributed by atoms with Crippen LogP contribution in [-0.4, -0.2) is 27.4 Å². The normalized spacial score (nSPS) is 12.6. The first-order valence-corrected chi connectivity index (χ1v) is 5.55. The smallest absolute Gasteiger partial charge is 0.306 e. The van der Waals surface area contributed by atoms with Crippen LogP contribution in [0, 0.1) is 0 Å². The van der Waals surface area contributed by atoms with Gasteiger partial charge < -0.3 is 4.74 Å². The molecule has 0 aromatic carbocycles. The topological polar surface area (TPSA) is 56.5 Å². The maximum absolute atomic E-state index is 11.2. The van der Waals surface area contributed by atoms with Crippen molar-refractivity contribution in [1.82, 2.24) is 14.4 Å². The van der Waals surface area contributed by atoms with Crippen molar-refractivity contribution in [2.24, 2.45) is 0 Å². The molecule has 90 valence electrons. The lowest BCUT2D eigenvalue weighted by atomic mass is 10.1. The van der Waals surface area contributed by atoms with E-state index in [1.165, 1.54) is 7.11 Å². The number of rotatable bonds is 3. The Hall–Kier alpha value is -1.62. The van der Waals surface area contributed by atoms with Gasteiger partial charge in [0, 0.05) is 12.1 Å². The second-order valence-electron chi connectivity index (χ2n) is 3.80. The highest BCUT2D eigenvalue weighted by Crippen LogP contribution is 2.20. The van der Waals surface area contributed by atoms with Crippen LogP contribution in [0.1, 0.15) is 25.1 Å². The summed E-state index contributed by atoms with van der Waals surface area (Å²) >= 11 is 5.83. The van der Waals surface area contributed by atoms with Crippen molar-refractivity contribution in [2.45, 2.75) is 19.3 Å². The molecule has 2 rings (SSSR count). The molecule has 0 aliphatic heterocycles. The van der Waals surface area contributed by atoms with E-state index in [-0.39, 0.29) is 18.3 Å². The lowest BCUT2D eigenvalue weighted by Gasteiger charge is -2.09. The van der Waals surface area contributed by atoms with Gasteiger partial charge in [-0.3, -0.25) is 9.20 Å². The van der Waals surface area contributed by atoms with Gasteiger partial charge in [-0.2, -0.15) is 0 Å². The zero-order chi connectivity index (χ0) is 12.4. The Morgan fingerprint density at radius 2 is 2.24 bits per heavy atom. The second-order valence-corrected chi connectivity index (χ2v) is 4.19. The summed E-state index contributed by atoms with van der Waals surface area (Å²) in [4.78, 5) is 19.5. The van der Waals surface area contributed by atoms with Gasteiger partial charge in [-0.15, -0.1) is 0 Å². The predicted octanol–water partition coefficient (Wildman–Crippen LogP) is 2.05. The highest BCUT2D eigenvalue weighted by molar-refractivity contribution is 6.29. The molecule has 0 radical (unpaired) electrons. The zero-order valence-electron chi connectivity index (χ0n) is 9.55. The highest BCUT2D eigenvalue weighted by Gasteiger charge is 2.16. The summed E-state index contributed by atoms with van der Waals surface area (Å²) in [7, 11) is 1.37. The molecule has 17 heavy (non-hydrogen) atoms. The number of halogens is 1. The van der Waals surface area contributed by atoms with Crippen molar-refractivity contribution >= 4 is 23.1 Å².